The highest BCUT2D eigenvalue weighted by Gasteiger charge is 2.36. The Morgan fingerprint density at radius 2 is 1.23 bits per heavy atom. The van der Waals surface area contributed by atoms with E-state index in [2.05, 4.69) is 60.2 Å². The van der Waals surface area contributed by atoms with Crippen LogP contribution in [0.15, 0.2) is 54.6 Å². The van der Waals surface area contributed by atoms with Crippen LogP contribution in [0.5, 0.6) is 0 Å². The van der Waals surface area contributed by atoms with Crippen LogP contribution in [0, 0.1) is 47.9 Å². The van der Waals surface area contributed by atoms with Crippen LogP contribution in [0.3, 0.4) is 0 Å². The summed E-state index contributed by atoms with van der Waals surface area (Å²) in [5.74, 6) is -0.539. The minimum absolute atomic E-state index is 0. The third kappa shape index (κ3) is 16.9. The number of alkyl halides is 6. The number of aryl methyl sites for hydroxylation is 1. The number of halogens is 8. The van der Waals surface area contributed by atoms with Gasteiger partial charge in [-0.2, -0.15) is 36.9 Å². The van der Waals surface area contributed by atoms with Crippen LogP contribution in [0.4, 0.5) is 52.6 Å². The SMILES string of the molecule is C[C@@H]1CN[C@@H](C)CN1C(=O)OC(C)(C)C.C[C@H]1CC[C@H](C)N(c2ccc(C#N)c(C(F)(F)F)c2)C1.Cl.N#Cc1ccc(F)cc1C(F)(F)F.[C-]#[N+]c1ccc(N2C[C@@H](C)NC[C@@H]2C)cc1C. The number of benzene rings is 3. The summed E-state index contributed by atoms with van der Waals surface area (Å²) in [4.78, 5) is 21.6. The Kier molecular flexibility index (Phi) is 21.1. The summed E-state index contributed by atoms with van der Waals surface area (Å²) in [6.45, 7) is 31.8. The summed E-state index contributed by atoms with van der Waals surface area (Å²) in [5.41, 5.74) is 0.211. The molecule has 3 aromatic carbocycles. The summed E-state index contributed by atoms with van der Waals surface area (Å²) in [6, 6.07) is 16.8. The van der Waals surface area contributed by atoms with Crippen molar-refractivity contribution in [2.45, 2.75) is 130 Å². The van der Waals surface area contributed by atoms with E-state index < -0.39 is 40.5 Å². The maximum Gasteiger partial charge on any atom is 0.417 e. The van der Waals surface area contributed by atoms with Crippen LogP contribution in [0.25, 0.3) is 4.85 Å². The zero-order valence-corrected chi connectivity index (χ0v) is 40.0. The average Bonchev–Trinajstić information content (AvgIpc) is 3.22. The molecule has 3 aliphatic rings. The lowest BCUT2D eigenvalue weighted by atomic mass is 9.94. The van der Waals surface area contributed by atoms with Gasteiger partial charge in [-0.05, 0) is 135 Å². The molecule has 0 bridgehead atoms. The number of rotatable bonds is 2. The molecule has 0 aliphatic carbocycles. The maximum atomic E-state index is 13.0. The van der Waals surface area contributed by atoms with Crippen LogP contribution < -0.4 is 20.4 Å². The second-order valence-electron chi connectivity index (χ2n) is 18.0. The number of piperazine rings is 2. The lowest BCUT2D eigenvalue weighted by molar-refractivity contribution is -0.138. The number of amides is 1. The molecular formula is C48H62ClF7N8O2. The minimum atomic E-state index is -4.69. The first-order valence-electron chi connectivity index (χ1n) is 21.5. The summed E-state index contributed by atoms with van der Waals surface area (Å²) in [7, 11) is 0. The second-order valence-corrected chi connectivity index (χ2v) is 18.0. The van der Waals surface area contributed by atoms with Gasteiger partial charge in [0.05, 0.1) is 41.0 Å². The van der Waals surface area contributed by atoms with Gasteiger partial charge in [-0.25, -0.2) is 14.0 Å². The van der Waals surface area contributed by atoms with Crippen LogP contribution in [0.1, 0.15) is 103 Å². The molecule has 362 valence electrons. The second kappa shape index (κ2) is 24.5. The monoisotopic (exact) mass is 950 g/mol. The molecule has 3 fully saturated rings. The zero-order chi connectivity index (χ0) is 49.0. The minimum Gasteiger partial charge on any atom is -0.444 e. The van der Waals surface area contributed by atoms with Crippen molar-refractivity contribution in [3.63, 3.8) is 0 Å². The van der Waals surface area contributed by atoms with Crippen molar-refractivity contribution < 1.29 is 40.3 Å². The van der Waals surface area contributed by atoms with Crippen molar-refractivity contribution in [1.82, 2.24) is 15.5 Å². The van der Waals surface area contributed by atoms with Gasteiger partial charge in [0, 0.05) is 74.3 Å². The number of nitrogens with zero attached hydrogens (tertiary/aromatic N) is 6. The predicted molar refractivity (Wildman–Crippen MR) is 246 cm³/mol. The van der Waals surface area contributed by atoms with Crippen molar-refractivity contribution in [2.24, 2.45) is 5.92 Å². The molecule has 3 heterocycles. The molecule has 6 atom stereocenters. The molecule has 2 N–H and O–H groups in total. The smallest absolute Gasteiger partial charge is 0.417 e. The number of carbonyl (C=O) groups is 1. The Bertz CT molecular complexity index is 2200. The molecule has 66 heavy (non-hydrogen) atoms. The molecule has 3 saturated heterocycles. The van der Waals surface area contributed by atoms with Gasteiger partial charge in [0.25, 0.3) is 0 Å². The highest BCUT2D eigenvalue weighted by atomic mass is 35.5. The number of hydrogen-bond acceptors (Lipinski definition) is 8. The molecular weight excluding hydrogens is 889 g/mol. The third-order valence-electron chi connectivity index (χ3n) is 11.1. The van der Waals surface area contributed by atoms with Gasteiger partial charge in [0.15, 0.2) is 5.69 Å². The Hall–Kier alpha value is -5.28. The number of hydrogen-bond donors (Lipinski definition) is 2. The van der Waals surface area contributed by atoms with E-state index in [0.717, 1.165) is 75.0 Å². The quantitative estimate of drug-likeness (QED) is 0.193. The van der Waals surface area contributed by atoms with Crippen molar-refractivity contribution in [2.75, 3.05) is 42.5 Å². The van der Waals surface area contributed by atoms with Gasteiger partial charge in [-0.3, -0.25) is 0 Å². The number of ether oxygens (including phenoxy) is 1. The Labute approximate surface area is 391 Å². The topological polar surface area (TPSA) is 112 Å². The fraction of sp³-hybridized carbons (Fsp3) is 0.542. The fourth-order valence-electron chi connectivity index (χ4n) is 7.46. The van der Waals surface area contributed by atoms with Gasteiger partial charge >= 0.3 is 18.4 Å². The molecule has 0 aromatic heterocycles. The van der Waals surface area contributed by atoms with Crippen molar-refractivity contribution in [1.29, 1.82) is 10.5 Å². The summed E-state index contributed by atoms with van der Waals surface area (Å²) < 4.78 is 93.0. The van der Waals surface area contributed by atoms with E-state index in [1.165, 1.54) is 17.8 Å². The number of nitriles is 2. The van der Waals surface area contributed by atoms with Crippen LogP contribution in [-0.4, -0.2) is 79.5 Å². The molecule has 0 radical (unpaired) electrons. The van der Waals surface area contributed by atoms with E-state index in [0.29, 0.717) is 35.8 Å². The summed E-state index contributed by atoms with van der Waals surface area (Å²) >= 11 is 0. The van der Waals surface area contributed by atoms with Crippen molar-refractivity contribution in [3.8, 4) is 12.1 Å². The highest BCUT2D eigenvalue weighted by molar-refractivity contribution is 5.85. The highest BCUT2D eigenvalue weighted by Crippen LogP contribution is 2.37. The lowest BCUT2D eigenvalue weighted by Crippen LogP contribution is -2.57. The van der Waals surface area contributed by atoms with Crippen LogP contribution in [-0.2, 0) is 17.1 Å². The Morgan fingerprint density at radius 1 is 0.727 bits per heavy atom. The largest absolute Gasteiger partial charge is 0.444 e. The summed E-state index contributed by atoms with van der Waals surface area (Å²) in [6.07, 6.45) is -7.31. The fourth-order valence-corrected chi connectivity index (χ4v) is 7.46. The molecule has 18 heteroatoms. The van der Waals surface area contributed by atoms with Crippen molar-refractivity contribution >= 4 is 35.6 Å². The summed E-state index contributed by atoms with van der Waals surface area (Å²) in [5, 5.41) is 23.9. The van der Waals surface area contributed by atoms with E-state index in [4.69, 9.17) is 21.8 Å². The van der Waals surface area contributed by atoms with Gasteiger partial charge in [-0.15, -0.1) is 12.4 Å². The molecule has 3 aromatic rings. The normalized spacial score (nSPS) is 21.9. The van der Waals surface area contributed by atoms with E-state index in [1.54, 1.807) is 17.0 Å². The third-order valence-corrected chi connectivity index (χ3v) is 11.1. The van der Waals surface area contributed by atoms with Gasteiger partial charge in [0.1, 0.15) is 11.4 Å². The number of anilines is 2. The van der Waals surface area contributed by atoms with Gasteiger partial charge in [0.2, 0.25) is 0 Å². The standard InChI is InChI=1S/C15H17F3N2.C14H19N3.C11H22N2O2.C8H3F4N.ClH/c1-10-3-4-11(2)20(9-10)13-6-5-12(8-19)14(7-13)15(16,17)18;1-10-7-13(5-6-14(10)15-4)17-9-11(2)16-8-12(17)3;1-8-7-13(9(2)6-12-8)10(14)15-11(3,4)5;9-6-2-1-5(4-13)7(3-6)8(10,11)12;/h5-7,10-11H,3-4,9H2,1-2H3;5-7,11-12,16H,8-9H2,1-3H3;8-9,12H,6-7H2,1-5H3;1-3H;1H/t10-,11-;11-,12+;8-,9+;;/m010../s1. The molecule has 10 nitrogen and oxygen atoms in total. The molecule has 6 rings (SSSR count). The number of nitrogens with one attached hydrogen (secondary N) is 2. The molecule has 0 unspecified atom stereocenters. The molecule has 3 aliphatic heterocycles. The van der Waals surface area contributed by atoms with E-state index in [1.807, 2.05) is 52.5 Å². The molecule has 0 saturated carbocycles. The van der Waals surface area contributed by atoms with Crippen LogP contribution >= 0.6 is 12.4 Å². The van der Waals surface area contributed by atoms with E-state index >= 15 is 0 Å². The van der Waals surface area contributed by atoms with Gasteiger partial charge in [-0.1, -0.05) is 13.0 Å². The average molecular weight is 952 g/mol. The van der Waals surface area contributed by atoms with Crippen LogP contribution in [0.2, 0.25) is 0 Å². The first-order chi connectivity index (χ1) is 30.2. The first kappa shape index (κ1) is 56.8. The van der Waals surface area contributed by atoms with Gasteiger partial charge < -0.3 is 30.1 Å². The maximum absolute atomic E-state index is 13.0. The number of carbonyl (C=O) groups excluding carboxylic acids is 1. The van der Waals surface area contributed by atoms with Crippen molar-refractivity contribution in [3.05, 3.63) is 99.6 Å². The number of piperidine rings is 1. The Balaban J connectivity index is 0.000000304. The predicted octanol–water partition coefficient (Wildman–Crippen LogP) is 11.7. The van der Waals surface area contributed by atoms with E-state index in [9.17, 15) is 35.5 Å². The molecule has 0 spiro atoms. The Morgan fingerprint density at radius 3 is 1.76 bits per heavy atom. The first-order valence-corrected chi connectivity index (χ1v) is 21.5. The molecule has 1 amide bonds. The zero-order valence-electron chi connectivity index (χ0n) is 39.2. The van der Waals surface area contributed by atoms with E-state index in [-0.39, 0.29) is 36.1 Å². The lowest BCUT2D eigenvalue weighted by Gasteiger charge is -2.39.